The van der Waals surface area contributed by atoms with Crippen LogP contribution in [0.15, 0.2) is 24.5 Å². The number of aromatic nitrogens is 1. The highest BCUT2D eigenvalue weighted by Gasteiger charge is 2.26. The number of carbonyl (C=O) groups is 1. The van der Waals surface area contributed by atoms with Crippen molar-refractivity contribution in [2.45, 2.75) is 77.2 Å². The second kappa shape index (κ2) is 16.1. The maximum atomic E-state index is 12.3. The number of rotatable bonds is 11. The Labute approximate surface area is 176 Å². The van der Waals surface area contributed by atoms with E-state index in [1.807, 2.05) is 12.1 Å². The Morgan fingerprint density at radius 3 is 2.30 bits per heavy atom. The summed E-state index contributed by atoms with van der Waals surface area (Å²) in [6.45, 7) is 3.29. The van der Waals surface area contributed by atoms with Crippen LogP contribution in [-0.4, -0.2) is 23.5 Å². The molecule has 3 N–H and O–H groups in total. The molecule has 1 aliphatic carbocycles. The fourth-order valence-corrected chi connectivity index (χ4v) is 3.39. The number of amides is 1. The summed E-state index contributed by atoms with van der Waals surface area (Å²) in [6.07, 6.45) is 15.4. The highest BCUT2D eigenvalue weighted by Crippen LogP contribution is 2.25. The highest BCUT2D eigenvalue weighted by atomic mass is 35.5. The van der Waals surface area contributed by atoms with Gasteiger partial charge in [0, 0.05) is 36.6 Å². The molecule has 0 radical (unpaired) electrons. The minimum atomic E-state index is 0. The Morgan fingerprint density at radius 1 is 1.00 bits per heavy atom. The standard InChI is InChI=1S/C20H34N4O.2ClH/c1-2-3-4-5-6-7-14-22-24-19-10-8-17(9-11-19)20(25)23-18-12-15-21-16-13-18;;/h12-13,15-17,19,22,24H,2-11,14H2,1H3,(H,21,23,25);2*1H/t17-,19-;;. The van der Waals surface area contributed by atoms with E-state index in [-0.39, 0.29) is 36.6 Å². The van der Waals surface area contributed by atoms with Crippen LogP contribution < -0.4 is 16.2 Å². The molecular formula is C20H36Cl2N4O. The van der Waals surface area contributed by atoms with E-state index in [1.54, 1.807) is 12.4 Å². The Kier molecular flexibility index (Phi) is 15.6. The van der Waals surface area contributed by atoms with Gasteiger partial charge in [-0.25, -0.2) is 0 Å². The first kappa shape index (κ1) is 26.1. The molecule has 2 rings (SSSR count). The molecule has 0 atom stereocenters. The smallest absolute Gasteiger partial charge is 0.227 e. The van der Waals surface area contributed by atoms with E-state index in [1.165, 1.54) is 38.5 Å². The molecule has 156 valence electrons. The molecule has 1 amide bonds. The van der Waals surface area contributed by atoms with Crippen molar-refractivity contribution in [2.24, 2.45) is 5.92 Å². The molecule has 1 fully saturated rings. The summed E-state index contributed by atoms with van der Waals surface area (Å²) in [7, 11) is 0. The number of carbonyl (C=O) groups excluding carboxylic acids is 1. The highest BCUT2D eigenvalue weighted by molar-refractivity contribution is 5.92. The summed E-state index contributed by atoms with van der Waals surface area (Å²) in [6, 6.07) is 4.15. The van der Waals surface area contributed by atoms with Gasteiger partial charge in [-0.3, -0.25) is 20.6 Å². The molecule has 0 spiro atoms. The minimum Gasteiger partial charge on any atom is -0.326 e. The van der Waals surface area contributed by atoms with Crippen LogP contribution in [0.25, 0.3) is 0 Å². The number of nitrogens with one attached hydrogen (secondary N) is 3. The lowest BCUT2D eigenvalue weighted by atomic mass is 9.85. The molecule has 7 heteroatoms. The number of hydrogen-bond donors (Lipinski definition) is 3. The predicted molar refractivity (Wildman–Crippen MR) is 118 cm³/mol. The second-order valence-electron chi connectivity index (χ2n) is 7.11. The molecule has 1 heterocycles. The number of pyridine rings is 1. The van der Waals surface area contributed by atoms with Gasteiger partial charge in [-0.15, -0.1) is 24.8 Å². The lowest BCUT2D eigenvalue weighted by Crippen LogP contribution is -2.44. The van der Waals surface area contributed by atoms with Gasteiger partial charge >= 0.3 is 0 Å². The third kappa shape index (κ3) is 10.9. The van der Waals surface area contributed by atoms with Gasteiger partial charge in [-0.2, -0.15) is 0 Å². The molecule has 1 aromatic rings. The summed E-state index contributed by atoms with van der Waals surface area (Å²) in [5.74, 6) is 0.273. The van der Waals surface area contributed by atoms with Crippen molar-refractivity contribution in [3.8, 4) is 0 Å². The monoisotopic (exact) mass is 418 g/mol. The van der Waals surface area contributed by atoms with E-state index >= 15 is 0 Å². The zero-order valence-electron chi connectivity index (χ0n) is 16.4. The van der Waals surface area contributed by atoms with Crippen molar-refractivity contribution in [3.05, 3.63) is 24.5 Å². The molecular weight excluding hydrogens is 383 g/mol. The number of anilines is 1. The lowest BCUT2D eigenvalue weighted by molar-refractivity contribution is -0.120. The van der Waals surface area contributed by atoms with Gasteiger partial charge in [0.05, 0.1) is 0 Å². The third-order valence-electron chi connectivity index (χ3n) is 5.01. The quantitative estimate of drug-likeness (QED) is 0.353. The van der Waals surface area contributed by atoms with Crippen LogP contribution >= 0.6 is 24.8 Å². The summed E-state index contributed by atoms with van der Waals surface area (Å²) in [4.78, 5) is 16.3. The number of halogens is 2. The summed E-state index contributed by atoms with van der Waals surface area (Å²) < 4.78 is 0. The molecule has 0 aliphatic heterocycles. The van der Waals surface area contributed by atoms with E-state index in [9.17, 15) is 4.79 Å². The van der Waals surface area contributed by atoms with Crippen molar-refractivity contribution in [2.75, 3.05) is 11.9 Å². The zero-order chi connectivity index (χ0) is 17.7. The fraction of sp³-hybridized carbons (Fsp3) is 0.700. The normalized spacial score (nSPS) is 18.9. The van der Waals surface area contributed by atoms with Gasteiger partial charge in [0.25, 0.3) is 0 Å². The van der Waals surface area contributed by atoms with Crippen molar-refractivity contribution >= 4 is 36.4 Å². The summed E-state index contributed by atoms with van der Waals surface area (Å²) >= 11 is 0. The lowest BCUT2D eigenvalue weighted by Gasteiger charge is -2.28. The van der Waals surface area contributed by atoms with Crippen LogP contribution in [0.4, 0.5) is 5.69 Å². The van der Waals surface area contributed by atoms with Crippen LogP contribution in [0.5, 0.6) is 0 Å². The van der Waals surface area contributed by atoms with Gasteiger partial charge in [-0.05, 0) is 44.2 Å². The second-order valence-corrected chi connectivity index (χ2v) is 7.11. The van der Waals surface area contributed by atoms with E-state index < -0.39 is 0 Å². The molecule has 0 bridgehead atoms. The van der Waals surface area contributed by atoms with Gasteiger partial charge in [-0.1, -0.05) is 39.0 Å². The largest absolute Gasteiger partial charge is 0.326 e. The number of hydrogen-bond acceptors (Lipinski definition) is 4. The molecule has 1 aliphatic rings. The Balaban J connectivity index is 0.00000338. The average Bonchev–Trinajstić information content (AvgIpc) is 2.65. The molecule has 0 unspecified atom stereocenters. The Bertz CT molecular complexity index is 482. The van der Waals surface area contributed by atoms with Gasteiger partial charge in [0.15, 0.2) is 0 Å². The van der Waals surface area contributed by atoms with Crippen LogP contribution in [0.3, 0.4) is 0 Å². The van der Waals surface area contributed by atoms with Crippen LogP contribution in [-0.2, 0) is 4.79 Å². The molecule has 0 aromatic carbocycles. The fourth-order valence-electron chi connectivity index (χ4n) is 3.39. The zero-order valence-corrected chi connectivity index (χ0v) is 18.0. The molecule has 5 nitrogen and oxygen atoms in total. The SMILES string of the molecule is CCCCCCCCNN[C@H]1CC[C@H](C(=O)Nc2ccncc2)CC1.Cl.Cl. The summed E-state index contributed by atoms with van der Waals surface area (Å²) in [5, 5.41) is 2.99. The first-order valence-corrected chi connectivity index (χ1v) is 9.99. The summed E-state index contributed by atoms with van der Waals surface area (Å²) in [5.41, 5.74) is 7.65. The number of unbranched alkanes of at least 4 members (excludes halogenated alkanes) is 5. The van der Waals surface area contributed by atoms with Crippen molar-refractivity contribution < 1.29 is 4.79 Å². The predicted octanol–water partition coefficient (Wildman–Crippen LogP) is 4.88. The maximum absolute atomic E-state index is 12.3. The molecule has 1 aromatic heterocycles. The number of hydrazine groups is 1. The minimum absolute atomic E-state index is 0. The van der Waals surface area contributed by atoms with E-state index in [4.69, 9.17) is 0 Å². The first-order chi connectivity index (χ1) is 12.3. The average molecular weight is 419 g/mol. The first-order valence-electron chi connectivity index (χ1n) is 9.99. The molecule has 1 saturated carbocycles. The Morgan fingerprint density at radius 2 is 1.63 bits per heavy atom. The van der Waals surface area contributed by atoms with Crippen molar-refractivity contribution in [1.82, 2.24) is 15.8 Å². The topological polar surface area (TPSA) is 66.0 Å². The third-order valence-corrected chi connectivity index (χ3v) is 5.01. The van der Waals surface area contributed by atoms with Gasteiger partial charge in [0.1, 0.15) is 0 Å². The van der Waals surface area contributed by atoms with E-state index in [0.29, 0.717) is 6.04 Å². The molecule has 0 saturated heterocycles. The molecule has 27 heavy (non-hydrogen) atoms. The van der Waals surface area contributed by atoms with Crippen LogP contribution in [0, 0.1) is 5.92 Å². The maximum Gasteiger partial charge on any atom is 0.227 e. The van der Waals surface area contributed by atoms with E-state index in [2.05, 4.69) is 28.1 Å². The van der Waals surface area contributed by atoms with Crippen LogP contribution in [0.1, 0.15) is 71.1 Å². The van der Waals surface area contributed by atoms with Crippen molar-refractivity contribution in [3.63, 3.8) is 0 Å². The number of nitrogens with zero attached hydrogens (tertiary/aromatic N) is 1. The van der Waals surface area contributed by atoms with Crippen molar-refractivity contribution in [1.29, 1.82) is 0 Å². The Hall–Kier alpha value is -0.880. The van der Waals surface area contributed by atoms with Crippen LogP contribution in [0.2, 0.25) is 0 Å². The van der Waals surface area contributed by atoms with Gasteiger partial charge in [0.2, 0.25) is 5.91 Å². The van der Waals surface area contributed by atoms with Gasteiger partial charge < -0.3 is 5.32 Å². The van der Waals surface area contributed by atoms with E-state index in [0.717, 1.165) is 37.9 Å².